The van der Waals surface area contributed by atoms with Crippen LogP contribution >= 0.6 is 11.6 Å². The number of fused-ring (bicyclic) bond motifs is 5. The molecule has 4 rings (SSSR count). The third kappa shape index (κ3) is 3.08. The molecule has 1 atom stereocenters. The average molecular weight is 440 g/mol. The maximum Gasteiger partial charge on any atom is 0.420 e. The number of alkyl halides is 3. The van der Waals surface area contributed by atoms with Crippen LogP contribution in [0.25, 0.3) is 17.0 Å². The van der Waals surface area contributed by atoms with E-state index in [1.54, 1.807) is 0 Å². The fourth-order valence-corrected chi connectivity index (χ4v) is 4.22. The summed E-state index contributed by atoms with van der Waals surface area (Å²) in [5.41, 5.74) is -1.51. The van der Waals surface area contributed by atoms with E-state index in [0.717, 1.165) is 6.07 Å². The molecule has 3 aromatic heterocycles. The van der Waals surface area contributed by atoms with E-state index in [1.807, 2.05) is 20.8 Å². The van der Waals surface area contributed by atoms with Crippen molar-refractivity contribution in [3.63, 3.8) is 0 Å². The van der Waals surface area contributed by atoms with Crippen molar-refractivity contribution in [2.75, 3.05) is 0 Å². The predicted octanol–water partition coefficient (Wildman–Crippen LogP) is 4.75. The highest BCUT2D eigenvalue weighted by Crippen LogP contribution is 2.47. The van der Waals surface area contributed by atoms with Crippen molar-refractivity contribution in [3.8, 4) is 11.4 Å². The first-order valence-electron chi connectivity index (χ1n) is 9.07. The second-order valence-electron chi connectivity index (χ2n) is 8.44. The summed E-state index contributed by atoms with van der Waals surface area (Å²) in [6, 6.07) is 2.12. The van der Waals surface area contributed by atoms with Gasteiger partial charge in [0, 0.05) is 6.20 Å². The Hall–Kier alpha value is -2.81. The van der Waals surface area contributed by atoms with Gasteiger partial charge < -0.3 is 14.5 Å². The number of carbonyl (C=O) groups is 1. The van der Waals surface area contributed by atoms with Crippen molar-refractivity contribution in [2.45, 2.75) is 39.3 Å². The lowest BCUT2D eigenvalue weighted by atomic mass is 9.70. The summed E-state index contributed by atoms with van der Waals surface area (Å²) in [5.74, 6) is -1.65. The van der Waals surface area contributed by atoms with Crippen molar-refractivity contribution in [1.82, 2.24) is 14.4 Å². The van der Waals surface area contributed by atoms with Crippen LogP contribution in [-0.4, -0.2) is 25.4 Å². The number of aromatic nitrogens is 3. The summed E-state index contributed by atoms with van der Waals surface area (Å²) in [4.78, 5) is 30.5. The van der Waals surface area contributed by atoms with Crippen LogP contribution in [-0.2, 0) is 12.6 Å². The number of carboxylic acid groups (broad SMARTS) is 1. The zero-order chi connectivity index (χ0) is 22.2. The number of nitrogens with one attached hydrogen (secondary N) is 1. The maximum atomic E-state index is 13.6. The summed E-state index contributed by atoms with van der Waals surface area (Å²) in [7, 11) is 0. The van der Waals surface area contributed by atoms with Gasteiger partial charge in [-0.05, 0) is 35.4 Å². The second kappa shape index (κ2) is 6.34. The summed E-state index contributed by atoms with van der Waals surface area (Å²) >= 11 is 5.96. The molecule has 0 amide bonds. The van der Waals surface area contributed by atoms with Gasteiger partial charge in [0.1, 0.15) is 22.5 Å². The van der Waals surface area contributed by atoms with Crippen LogP contribution in [0.1, 0.15) is 53.9 Å². The maximum absolute atomic E-state index is 13.6. The number of carboxylic acids is 1. The van der Waals surface area contributed by atoms with Crippen molar-refractivity contribution >= 4 is 23.2 Å². The third-order valence-electron chi connectivity index (χ3n) is 5.45. The molecule has 2 N–H and O–H groups in total. The van der Waals surface area contributed by atoms with E-state index in [-0.39, 0.29) is 33.4 Å². The molecule has 1 aliphatic carbocycles. The fourth-order valence-electron chi connectivity index (χ4n) is 4.01. The number of hydrogen-bond acceptors (Lipinski definition) is 3. The Morgan fingerprint density at radius 1 is 1.30 bits per heavy atom. The molecule has 6 nitrogen and oxygen atoms in total. The minimum Gasteiger partial charge on any atom is -0.477 e. The molecule has 0 radical (unpaired) electrons. The monoisotopic (exact) mass is 439 g/mol. The zero-order valence-electron chi connectivity index (χ0n) is 16.2. The molecular weight excluding hydrogens is 423 g/mol. The first-order valence-corrected chi connectivity index (χ1v) is 9.45. The Morgan fingerprint density at radius 3 is 2.53 bits per heavy atom. The van der Waals surface area contributed by atoms with Crippen LogP contribution < -0.4 is 5.56 Å². The standard InChI is InChI=1S/C20H17ClF3N3O3/c1-19(2,3)11-6-13-15(14-9(11)5-10(18(29)30)17(28)26-14)25-16-12(20(22,23)24)4-8(21)7-27(13)16/h4-5,7,11H,6H2,1-3H3,(H,26,28)(H,29,30)/t11-/m0/s1. The number of aromatic amines is 1. The summed E-state index contributed by atoms with van der Waals surface area (Å²) < 4.78 is 42.1. The minimum atomic E-state index is -4.67. The zero-order valence-corrected chi connectivity index (χ0v) is 16.9. The number of pyridine rings is 2. The van der Waals surface area contributed by atoms with Crippen LogP contribution in [0.3, 0.4) is 0 Å². The topological polar surface area (TPSA) is 87.5 Å². The van der Waals surface area contributed by atoms with Gasteiger partial charge in [-0.25, -0.2) is 9.78 Å². The Bertz CT molecular complexity index is 1270. The van der Waals surface area contributed by atoms with Crippen LogP contribution in [0.15, 0.2) is 23.1 Å². The number of imidazole rings is 1. The molecule has 3 aromatic rings. The summed E-state index contributed by atoms with van der Waals surface area (Å²) in [5, 5.41) is 9.25. The third-order valence-corrected chi connectivity index (χ3v) is 5.65. The van der Waals surface area contributed by atoms with Gasteiger partial charge in [0.25, 0.3) is 5.56 Å². The molecule has 1 aliphatic rings. The smallest absolute Gasteiger partial charge is 0.420 e. The first kappa shape index (κ1) is 20.5. The molecule has 0 aromatic carbocycles. The van der Waals surface area contributed by atoms with E-state index >= 15 is 0 Å². The van der Waals surface area contributed by atoms with Crippen LogP contribution in [0, 0.1) is 5.41 Å². The van der Waals surface area contributed by atoms with Crippen LogP contribution in [0.5, 0.6) is 0 Å². The van der Waals surface area contributed by atoms with Gasteiger partial charge in [-0.1, -0.05) is 32.4 Å². The van der Waals surface area contributed by atoms with E-state index in [2.05, 4.69) is 9.97 Å². The SMILES string of the molecule is CC(C)(C)[C@H]1Cc2c(nc3c(C(F)(F)F)cc(Cl)cn23)-c2[nH]c(=O)c(C(=O)O)cc21. The van der Waals surface area contributed by atoms with Gasteiger partial charge >= 0.3 is 12.1 Å². The van der Waals surface area contributed by atoms with E-state index in [1.165, 1.54) is 16.7 Å². The Balaban J connectivity index is 2.11. The molecule has 0 fully saturated rings. The lowest BCUT2D eigenvalue weighted by Crippen LogP contribution is -2.29. The Labute approximate surface area is 173 Å². The van der Waals surface area contributed by atoms with Gasteiger partial charge in [0.05, 0.1) is 16.4 Å². The van der Waals surface area contributed by atoms with E-state index in [0.29, 0.717) is 17.7 Å². The molecule has 0 bridgehead atoms. The molecule has 3 heterocycles. The Kier molecular flexibility index (Phi) is 4.33. The highest BCUT2D eigenvalue weighted by molar-refractivity contribution is 6.30. The molecule has 30 heavy (non-hydrogen) atoms. The molecule has 0 aliphatic heterocycles. The molecule has 0 unspecified atom stereocenters. The summed E-state index contributed by atoms with van der Waals surface area (Å²) in [6.07, 6.45) is -3.00. The molecule has 0 saturated carbocycles. The number of H-pyrrole nitrogens is 1. The number of halogens is 4. The lowest BCUT2D eigenvalue weighted by Gasteiger charge is -2.35. The first-order chi connectivity index (χ1) is 13.8. The molecule has 0 spiro atoms. The van der Waals surface area contributed by atoms with Gasteiger partial charge in [0.2, 0.25) is 0 Å². The summed E-state index contributed by atoms with van der Waals surface area (Å²) in [6.45, 7) is 5.82. The van der Waals surface area contributed by atoms with Crippen molar-refractivity contribution in [2.24, 2.45) is 5.41 Å². The quantitative estimate of drug-likeness (QED) is 0.573. The van der Waals surface area contributed by atoms with Crippen LogP contribution in [0.4, 0.5) is 13.2 Å². The van der Waals surface area contributed by atoms with E-state index < -0.39 is 28.8 Å². The van der Waals surface area contributed by atoms with Crippen molar-refractivity contribution in [3.05, 3.63) is 56.1 Å². The van der Waals surface area contributed by atoms with Gasteiger partial charge in [0.15, 0.2) is 0 Å². The highest BCUT2D eigenvalue weighted by Gasteiger charge is 2.40. The number of rotatable bonds is 1. The lowest BCUT2D eigenvalue weighted by molar-refractivity contribution is -0.136. The largest absolute Gasteiger partial charge is 0.477 e. The fraction of sp³-hybridized carbons (Fsp3) is 0.350. The van der Waals surface area contributed by atoms with Gasteiger partial charge in [-0.2, -0.15) is 13.2 Å². The number of nitrogens with zero attached hydrogens (tertiary/aromatic N) is 2. The van der Waals surface area contributed by atoms with Crippen molar-refractivity contribution < 1.29 is 23.1 Å². The minimum absolute atomic E-state index is 0.0946. The van der Waals surface area contributed by atoms with Gasteiger partial charge in [-0.15, -0.1) is 0 Å². The normalized spacial score (nSPS) is 16.4. The molecule has 158 valence electrons. The highest BCUT2D eigenvalue weighted by atomic mass is 35.5. The molecule has 10 heteroatoms. The number of hydrogen-bond donors (Lipinski definition) is 2. The molecule has 0 saturated heterocycles. The van der Waals surface area contributed by atoms with E-state index in [4.69, 9.17) is 11.6 Å². The predicted molar refractivity (Wildman–Crippen MR) is 104 cm³/mol. The Morgan fingerprint density at radius 2 is 1.97 bits per heavy atom. The van der Waals surface area contributed by atoms with Crippen molar-refractivity contribution in [1.29, 1.82) is 0 Å². The molecular formula is C20H17ClF3N3O3. The van der Waals surface area contributed by atoms with Crippen LogP contribution in [0.2, 0.25) is 5.02 Å². The number of aromatic carboxylic acids is 1. The van der Waals surface area contributed by atoms with E-state index in [9.17, 15) is 27.9 Å². The average Bonchev–Trinajstić information content (AvgIpc) is 2.96. The van der Waals surface area contributed by atoms with Gasteiger partial charge in [-0.3, -0.25) is 4.79 Å². The second-order valence-corrected chi connectivity index (χ2v) is 8.88.